The van der Waals surface area contributed by atoms with Gasteiger partial charge in [0.15, 0.2) is 0 Å². The number of amides is 6. The van der Waals surface area contributed by atoms with Gasteiger partial charge < -0.3 is 20.9 Å². The van der Waals surface area contributed by atoms with Crippen molar-refractivity contribution in [3.8, 4) is 11.8 Å². The Bertz CT molecular complexity index is 2410. The molecule has 2 saturated heterocycles. The molecule has 5 N–H and O–H groups in total. The average molecular weight is 878 g/mol. The van der Waals surface area contributed by atoms with Crippen LogP contribution in [0, 0.1) is 17.8 Å². The molecule has 4 heterocycles. The van der Waals surface area contributed by atoms with Crippen molar-refractivity contribution in [3.63, 3.8) is 0 Å². The molecule has 2 aliphatic carbocycles. The van der Waals surface area contributed by atoms with E-state index in [0.29, 0.717) is 72.8 Å². The Kier molecular flexibility index (Phi) is 11.6. The molecule has 2 spiro atoms. The summed E-state index contributed by atoms with van der Waals surface area (Å²) in [7, 11) is 0. The maximum Gasteiger partial charge on any atom is 0.255 e. The van der Waals surface area contributed by atoms with Crippen molar-refractivity contribution in [3.05, 3.63) is 98.5 Å². The van der Waals surface area contributed by atoms with Crippen LogP contribution < -0.4 is 26.6 Å². The number of rotatable bonds is 8. The van der Waals surface area contributed by atoms with Gasteiger partial charge in [-0.3, -0.25) is 39.4 Å². The molecule has 4 atom stereocenters. The normalized spacial score (nSPS) is 27.3. The molecular formula is C48H50Cl2N6O6. The van der Waals surface area contributed by atoms with Crippen LogP contribution in [0.3, 0.4) is 0 Å². The number of anilines is 1. The predicted molar refractivity (Wildman–Crippen MR) is 234 cm³/mol. The summed E-state index contributed by atoms with van der Waals surface area (Å²) in [4.78, 5) is 81.3. The summed E-state index contributed by atoms with van der Waals surface area (Å²) >= 11 is 13.0. The van der Waals surface area contributed by atoms with Crippen molar-refractivity contribution in [2.45, 2.75) is 125 Å². The quantitative estimate of drug-likeness (QED) is 0.105. The first-order valence-electron chi connectivity index (χ1n) is 22.0. The van der Waals surface area contributed by atoms with Gasteiger partial charge in [-0.25, -0.2) is 0 Å². The number of piperidine rings is 1. The van der Waals surface area contributed by atoms with E-state index in [4.69, 9.17) is 23.2 Å². The van der Waals surface area contributed by atoms with Gasteiger partial charge in [0.05, 0.1) is 6.04 Å². The van der Waals surface area contributed by atoms with Crippen molar-refractivity contribution in [2.24, 2.45) is 5.92 Å². The second-order valence-electron chi connectivity index (χ2n) is 17.7. The molecule has 14 heteroatoms. The highest BCUT2D eigenvalue weighted by molar-refractivity contribution is 6.31. The third-order valence-corrected chi connectivity index (χ3v) is 14.7. The SMILES string of the molecule is O=C1CCC(N2Cc3c(C#CCCCNC(=O)[C@H]4CC[C@H](NC(=O)[C@@H]5NC6(CCCCC6)[C@@]6(C(=O)Nc7cc(Cl)ccc76)[C@H]5c5cccc(Cl)c5)CC4)cccc3C2=O)C(=O)N1. The van der Waals surface area contributed by atoms with Crippen LogP contribution in [0.2, 0.25) is 10.0 Å². The lowest BCUT2D eigenvalue weighted by molar-refractivity contribution is -0.137. The standard InChI is InChI=1S/C48H50Cl2N6O6/c49-31-12-7-11-30(25-31)40-41(55-47(22-4-2-5-23-47)48(40)36-19-16-32(50)26-37(36)53-46(48)62)44(60)52-33-17-14-29(15-18-33)42(58)51-24-6-1-3-9-28-10-8-13-34-35(28)27-56(45(34)61)38-20-21-39(57)54-43(38)59/h7-8,10-13,16,19,25-26,29,33,38,40-41,55H,1-2,4-6,14-15,17-18,20-24,27H2,(H,51,58)(H,52,60)(H,53,62)(H,54,57,59)/t29-,33-,38?,40-,41+,48+/m0/s1. The number of benzene rings is 3. The van der Waals surface area contributed by atoms with E-state index in [2.05, 4.69) is 38.4 Å². The fourth-order valence-corrected chi connectivity index (χ4v) is 11.7. The third-order valence-electron chi connectivity index (χ3n) is 14.2. The number of nitrogens with zero attached hydrogens (tertiary/aromatic N) is 1. The molecule has 4 fully saturated rings. The zero-order valence-electron chi connectivity index (χ0n) is 34.4. The van der Waals surface area contributed by atoms with Gasteiger partial charge in [-0.1, -0.05) is 78.6 Å². The van der Waals surface area contributed by atoms with Crippen molar-refractivity contribution < 1.29 is 28.8 Å². The van der Waals surface area contributed by atoms with Crippen molar-refractivity contribution in [1.29, 1.82) is 0 Å². The van der Waals surface area contributed by atoms with E-state index in [-0.39, 0.29) is 54.5 Å². The zero-order chi connectivity index (χ0) is 43.2. The van der Waals surface area contributed by atoms with E-state index < -0.39 is 34.9 Å². The first kappa shape index (κ1) is 42.1. The van der Waals surface area contributed by atoms with Crippen LogP contribution in [-0.2, 0) is 35.9 Å². The Hall–Kier alpha value is -5.22. The summed E-state index contributed by atoms with van der Waals surface area (Å²) < 4.78 is 0. The molecule has 0 bridgehead atoms. The maximum atomic E-state index is 14.6. The molecular weight excluding hydrogens is 827 g/mol. The lowest BCUT2D eigenvalue weighted by Gasteiger charge is -2.47. The van der Waals surface area contributed by atoms with E-state index in [1.807, 2.05) is 36.4 Å². The smallest absolute Gasteiger partial charge is 0.255 e. The highest BCUT2D eigenvalue weighted by Gasteiger charge is 2.72. The van der Waals surface area contributed by atoms with Gasteiger partial charge in [0, 0.05) is 76.2 Å². The highest BCUT2D eigenvalue weighted by Crippen LogP contribution is 2.62. The van der Waals surface area contributed by atoms with Crippen LogP contribution in [0.1, 0.15) is 122 Å². The molecule has 12 nitrogen and oxygen atoms in total. The van der Waals surface area contributed by atoms with Gasteiger partial charge in [0.1, 0.15) is 11.5 Å². The van der Waals surface area contributed by atoms with Gasteiger partial charge in [-0.05, 0) is 104 Å². The Morgan fingerprint density at radius 3 is 2.40 bits per heavy atom. The Morgan fingerprint density at radius 2 is 1.63 bits per heavy atom. The summed E-state index contributed by atoms with van der Waals surface area (Å²) in [5.74, 6) is 4.39. The lowest BCUT2D eigenvalue weighted by Crippen LogP contribution is -2.60. The van der Waals surface area contributed by atoms with E-state index in [0.717, 1.165) is 54.4 Å². The van der Waals surface area contributed by atoms with Gasteiger partial charge in [-0.15, -0.1) is 0 Å². The average Bonchev–Trinajstić information content (AvgIpc) is 3.86. The predicted octanol–water partition coefficient (Wildman–Crippen LogP) is 6.03. The van der Waals surface area contributed by atoms with Crippen LogP contribution >= 0.6 is 23.2 Å². The molecule has 0 aromatic heterocycles. The van der Waals surface area contributed by atoms with Gasteiger partial charge in [0.25, 0.3) is 5.91 Å². The van der Waals surface area contributed by atoms with Gasteiger partial charge in [-0.2, -0.15) is 0 Å². The number of halogens is 2. The summed E-state index contributed by atoms with van der Waals surface area (Å²) in [6.45, 7) is 0.739. The Labute approximate surface area is 371 Å². The molecule has 6 aliphatic rings. The molecule has 62 heavy (non-hydrogen) atoms. The molecule has 6 amide bonds. The second kappa shape index (κ2) is 17.2. The van der Waals surface area contributed by atoms with Crippen molar-refractivity contribution in [1.82, 2.24) is 26.2 Å². The van der Waals surface area contributed by atoms with Crippen molar-refractivity contribution >= 4 is 64.3 Å². The number of hydrogen-bond acceptors (Lipinski definition) is 7. The molecule has 1 unspecified atom stereocenters. The van der Waals surface area contributed by atoms with Crippen LogP contribution in [0.25, 0.3) is 0 Å². The zero-order valence-corrected chi connectivity index (χ0v) is 35.9. The molecule has 322 valence electrons. The third kappa shape index (κ3) is 7.46. The number of carbonyl (C=O) groups is 6. The van der Waals surface area contributed by atoms with Crippen LogP contribution in [0.5, 0.6) is 0 Å². The van der Waals surface area contributed by atoms with E-state index >= 15 is 0 Å². The van der Waals surface area contributed by atoms with Crippen LogP contribution in [0.15, 0.2) is 60.7 Å². The number of hydrogen-bond donors (Lipinski definition) is 5. The molecule has 4 aliphatic heterocycles. The fraction of sp³-hybridized carbons (Fsp3) is 0.458. The minimum Gasteiger partial charge on any atom is -0.356 e. The summed E-state index contributed by atoms with van der Waals surface area (Å²) in [5.41, 5.74) is 2.69. The Morgan fingerprint density at radius 1 is 0.855 bits per heavy atom. The molecule has 2 saturated carbocycles. The maximum absolute atomic E-state index is 14.6. The van der Waals surface area contributed by atoms with E-state index in [1.54, 1.807) is 24.3 Å². The first-order valence-corrected chi connectivity index (χ1v) is 22.7. The fourth-order valence-electron chi connectivity index (χ4n) is 11.4. The molecule has 9 rings (SSSR count). The number of unbranched alkanes of at least 4 members (excludes halogenated alkanes) is 1. The van der Waals surface area contributed by atoms with Crippen molar-refractivity contribution in [2.75, 3.05) is 11.9 Å². The summed E-state index contributed by atoms with van der Waals surface area (Å²) in [6.07, 6.45) is 8.74. The summed E-state index contributed by atoms with van der Waals surface area (Å²) in [6, 6.07) is 17.0. The number of nitrogens with one attached hydrogen (secondary N) is 5. The molecule has 3 aromatic carbocycles. The van der Waals surface area contributed by atoms with E-state index in [9.17, 15) is 28.8 Å². The topological polar surface area (TPSA) is 166 Å². The molecule has 3 aromatic rings. The number of carbonyl (C=O) groups excluding carboxylic acids is 6. The minimum atomic E-state index is -1.06. The van der Waals surface area contributed by atoms with Crippen LogP contribution in [-0.4, -0.2) is 70.6 Å². The van der Waals surface area contributed by atoms with E-state index in [1.165, 1.54) is 4.90 Å². The Balaban J connectivity index is 0.805. The summed E-state index contributed by atoms with van der Waals surface area (Å²) in [5, 5.41) is 16.8. The number of fused-ring (bicyclic) bond motifs is 4. The molecule has 0 radical (unpaired) electrons. The minimum absolute atomic E-state index is 0.00125. The second-order valence-corrected chi connectivity index (χ2v) is 18.6. The largest absolute Gasteiger partial charge is 0.356 e. The van der Waals surface area contributed by atoms with Gasteiger partial charge >= 0.3 is 0 Å². The van der Waals surface area contributed by atoms with Crippen LogP contribution in [0.4, 0.5) is 5.69 Å². The monoisotopic (exact) mass is 876 g/mol. The highest BCUT2D eigenvalue weighted by atomic mass is 35.5. The first-order chi connectivity index (χ1) is 30.0. The lowest BCUT2D eigenvalue weighted by atomic mass is 9.55. The number of imide groups is 1. The van der Waals surface area contributed by atoms with Gasteiger partial charge in [0.2, 0.25) is 29.5 Å².